The van der Waals surface area contributed by atoms with E-state index in [4.69, 9.17) is 50.5 Å². The molecule has 1 heterocycles. The molecule has 1 aliphatic carbocycles. The highest BCUT2D eigenvalue weighted by atomic mass is 35.5. The van der Waals surface area contributed by atoms with Crippen LogP contribution in [0.1, 0.15) is 57.1 Å². The Bertz CT molecular complexity index is 1650. The van der Waals surface area contributed by atoms with Crippen molar-refractivity contribution in [1.82, 2.24) is 5.16 Å². The summed E-state index contributed by atoms with van der Waals surface area (Å²) in [5, 5.41) is 14.9. The number of hydrogen-bond acceptors (Lipinski definition) is 4. The highest BCUT2D eigenvalue weighted by Gasteiger charge is 2.33. The lowest BCUT2D eigenvalue weighted by Gasteiger charge is -2.10. The average Bonchev–Trinajstić information content (AvgIpc) is 3.66. The van der Waals surface area contributed by atoms with Crippen LogP contribution in [0.25, 0.3) is 11.3 Å². The van der Waals surface area contributed by atoms with Crippen molar-refractivity contribution in [2.75, 3.05) is 0 Å². The maximum Gasteiger partial charge on any atom is 0.335 e. The molecule has 8 heteroatoms. The number of aromatic nitrogens is 1. The average molecular weight is 563 g/mol. The van der Waals surface area contributed by atoms with Gasteiger partial charge in [-0.25, -0.2) is 4.79 Å². The van der Waals surface area contributed by atoms with Crippen molar-refractivity contribution in [1.29, 1.82) is 0 Å². The quantitative estimate of drug-likeness (QED) is 0.242. The summed E-state index contributed by atoms with van der Waals surface area (Å²) < 4.78 is 11.8. The topological polar surface area (TPSA) is 72.6 Å². The van der Waals surface area contributed by atoms with Gasteiger partial charge in [-0.1, -0.05) is 63.8 Å². The summed E-state index contributed by atoms with van der Waals surface area (Å²) in [4.78, 5) is 11.4. The third-order valence-electron chi connectivity index (χ3n) is 5.98. The van der Waals surface area contributed by atoms with E-state index in [1.54, 1.807) is 42.5 Å². The molecular weight excluding hydrogens is 545 g/mol. The van der Waals surface area contributed by atoms with E-state index in [1.807, 2.05) is 0 Å². The zero-order valence-electron chi connectivity index (χ0n) is 19.7. The smallest absolute Gasteiger partial charge is 0.335 e. The fraction of sp³-hybridized carbons (Fsp3) is 0.133. The molecule has 5 nitrogen and oxygen atoms in total. The highest BCUT2D eigenvalue weighted by Crippen LogP contribution is 2.46. The molecule has 5 rings (SSSR count). The van der Waals surface area contributed by atoms with Gasteiger partial charge in [0.15, 0.2) is 0 Å². The Morgan fingerprint density at radius 3 is 2.42 bits per heavy atom. The van der Waals surface area contributed by atoms with Crippen LogP contribution in [0.5, 0.6) is 5.75 Å². The summed E-state index contributed by atoms with van der Waals surface area (Å²) >= 11 is 19.4. The van der Waals surface area contributed by atoms with Gasteiger partial charge >= 0.3 is 5.97 Å². The number of nitrogens with zero attached hydrogens (tertiary/aromatic N) is 1. The van der Waals surface area contributed by atoms with E-state index in [9.17, 15) is 9.90 Å². The molecule has 1 aromatic heterocycles. The first-order valence-corrected chi connectivity index (χ1v) is 12.7. The van der Waals surface area contributed by atoms with Gasteiger partial charge in [0.05, 0.1) is 26.2 Å². The van der Waals surface area contributed by atoms with Crippen LogP contribution >= 0.6 is 34.8 Å². The minimum atomic E-state index is -1.08. The molecule has 1 saturated carbocycles. The number of carbonyl (C=O) groups is 1. The molecule has 0 radical (unpaired) electrons. The van der Waals surface area contributed by atoms with Crippen LogP contribution < -0.4 is 4.74 Å². The third-order valence-corrected chi connectivity index (χ3v) is 6.92. The molecule has 3 aromatic carbocycles. The molecule has 1 N–H and O–H groups in total. The molecule has 0 amide bonds. The van der Waals surface area contributed by atoms with Crippen LogP contribution in [0.2, 0.25) is 15.1 Å². The van der Waals surface area contributed by atoms with Gasteiger partial charge in [0, 0.05) is 34.2 Å². The largest absolute Gasteiger partial charge is 0.489 e. The maximum absolute atomic E-state index is 11.4. The summed E-state index contributed by atoms with van der Waals surface area (Å²) in [6.45, 7) is 0.185. The molecule has 4 aromatic rings. The van der Waals surface area contributed by atoms with E-state index in [-0.39, 0.29) is 12.2 Å². The minimum absolute atomic E-state index is 0.0661. The molecule has 38 heavy (non-hydrogen) atoms. The third kappa shape index (κ3) is 5.52. The molecule has 0 atom stereocenters. The fourth-order valence-corrected chi connectivity index (χ4v) is 4.73. The number of terminal acetylenes is 1. The van der Waals surface area contributed by atoms with Crippen molar-refractivity contribution < 1.29 is 19.2 Å². The van der Waals surface area contributed by atoms with Gasteiger partial charge in [0.25, 0.3) is 0 Å². The monoisotopic (exact) mass is 561 g/mol. The molecule has 1 fully saturated rings. The number of hydrogen-bond donors (Lipinski definition) is 1. The highest BCUT2D eigenvalue weighted by molar-refractivity contribution is 6.39. The van der Waals surface area contributed by atoms with Gasteiger partial charge in [-0.15, -0.1) is 6.42 Å². The SMILES string of the molecule is C#Cc1cc(C#Cc2ccc(OCc3c(-c4c(Cl)cccc4Cl)noc3C3CC3)cc2Cl)cc(C(=O)O)c1. The second-order valence-electron chi connectivity index (χ2n) is 8.67. The number of benzene rings is 3. The van der Waals surface area contributed by atoms with Crippen LogP contribution in [0.4, 0.5) is 0 Å². The van der Waals surface area contributed by atoms with Crippen LogP contribution in [0.15, 0.2) is 59.1 Å². The molecule has 0 spiro atoms. The van der Waals surface area contributed by atoms with Gasteiger partial charge in [-0.3, -0.25) is 0 Å². The summed E-state index contributed by atoms with van der Waals surface area (Å²) in [5.41, 5.74) is 3.48. The minimum Gasteiger partial charge on any atom is -0.489 e. The van der Waals surface area contributed by atoms with E-state index in [0.717, 1.165) is 24.2 Å². The molecular formula is C30H18Cl3NO4. The van der Waals surface area contributed by atoms with Gasteiger partial charge in [0.2, 0.25) is 0 Å². The lowest BCUT2D eigenvalue weighted by molar-refractivity contribution is 0.0696. The summed E-state index contributed by atoms with van der Waals surface area (Å²) in [6.07, 6.45) is 7.48. The number of aromatic carboxylic acids is 1. The molecule has 188 valence electrons. The van der Waals surface area contributed by atoms with E-state index in [0.29, 0.717) is 54.7 Å². The maximum atomic E-state index is 11.4. The van der Waals surface area contributed by atoms with Crippen LogP contribution in [-0.4, -0.2) is 16.2 Å². The Labute approximate surface area is 234 Å². The van der Waals surface area contributed by atoms with Crippen molar-refractivity contribution in [3.63, 3.8) is 0 Å². The number of halogens is 3. The number of rotatable bonds is 6. The Morgan fingerprint density at radius 1 is 1.03 bits per heavy atom. The predicted molar refractivity (Wildman–Crippen MR) is 147 cm³/mol. The second kappa shape index (κ2) is 10.9. The summed E-state index contributed by atoms with van der Waals surface area (Å²) in [6, 6.07) is 15.0. The Balaban J connectivity index is 1.38. The first kappa shape index (κ1) is 25.8. The van der Waals surface area contributed by atoms with Gasteiger partial charge in [-0.2, -0.15) is 0 Å². The van der Waals surface area contributed by atoms with E-state index in [1.165, 1.54) is 12.1 Å². The standard InChI is InChI=1S/C30H18Cl3NO4/c1-2-17-12-18(14-21(13-17)30(35)36)6-7-19-10-11-22(15-26(19)33)37-16-23-28(34-38-29(23)20-8-9-20)27-24(31)4-3-5-25(27)32/h1,3-5,10-15,20H,8-9,16H2,(H,35,36). The molecule has 1 aliphatic rings. The number of carboxylic acid groups (broad SMARTS) is 1. The van der Waals surface area contributed by atoms with Crippen LogP contribution in [0.3, 0.4) is 0 Å². The molecule has 0 bridgehead atoms. The second-order valence-corrected chi connectivity index (χ2v) is 9.90. The normalized spacial score (nSPS) is 12.4. The number of carboxylic acids is 1. The first-order chi connectivity index (χ1) is 18.3. The van der Waals surface area contributed by atoms with Crippen LogP contribution in [0, 0.1) is 24.2 Å². The predicted octanol–water partition coefficient (Wildman–Crippen LogP) is 7.84. The summed E-state index contributed by atoms with van der Waals surface area (Å²) in [7, 11) is 0. The molecule has 0 saturated heterocycles. The van der Waals surface area contributed by atoms with E-state index < -0.39 is 5.97 Å². The van der Waals surface area contributed by atoms with Crippen molar-refractivity contribution in [3.8, 4) is 41.2 Å². The Morgan fingerprint density at radius 2 is 1.76 bits per heavy atom. The van der Waals surface area contributed by atoms with Crippen LogP contribution in [-0.2, 0) is 6.61 Å². The molecule has 0 unspecified atom stereocenters. The lowest BCUT2D eigenvalue weighted by atomic mass is 10.0. The molecule has 0 aliphatic heterocycles. The van der Waals surface area contributed by atoms with E-state index >= 15 is 0 Å². The lowest BCUT2D eigenvalue weighted by Crippen LogP contribution is -2.00. The number of ether oxygens (including phenoxy) is 1. The van der Waals surface area contributed by atoms with E-state index in [2.05, 4.69) is 22.9 Å². The van der Waals surface area contributed by atoms with Crippen molar-refractivity contribution in [3.05, 3.63) is 103 Å². The van der Waals surface area contributed by atoms with Gasteiger partial charge < -0.3 is 14.4 Å². The zero-order valence-corrected chi connectivity index (χ0v) is 22.0. The van der Waals surface area contributed by atoms with Crippen molar-refractivity contribution in [2.45, 2.75) is 25.4 Å². The van der Waals surface area contributed by atoms with Gasteiger partial charge in [-0.05, 0) is 55.3 Å². The van der Waals surface area contributed by atoms with Crippen molar-refractivity contribution in [2.24, 2.45) is 0 Å². The summed E-state index contributed by atoms with van der Waals surface area (Å²) in [5.74, 6) is 8.86. The fourth-order valence-electron chi connectivity index (χ4n) is 3.94. The zero-order chi connectivity index (χ0) is 26.8. The van der Waals surface area contributed by atoms with Gasteiger partial charge in [0.1, 0.15) is 23.8 Å². The van der Waals surface area contributed by atoms with Crippen molar-refractivity contribution >= 4 is 40.8 Å². The Kier molecular flexibility index (Phi) is 7.36. The Hall–Kier alpha value is -3.87. The first-order valence-electron chi connectivity index (χ1n) is 11.6.